The number of ether oxygens (including phenoxy) is 1. The summed E-state index contributed by atoms with van der Waals surface area (Å²) in [6.45, 7) is 3.41. The van der Waals surface area contributed by atoms with Gasteiger partial charge in [0.1, 0.15) is 12.4 Å². The molecule has 1 N–H and O–H groups in total. The monoisotopic (exact) mass is 298 g/mol. The number of rotatable bonds is 6. The second-order valence-electron chi connectivity index (χ2n) is 5.02. The van der Waals surface area contributed by atoms with Gasteiger partial charge in [0, 0.05) is 26.2 Å². The van der Waals surface area contributed by atoms with Gasteiger partial charge in [0.05, 0.1) is 11.5 Å². The molecule has 2 rings (SSSR count). The summed E-state index contributed by atoms with van der Waals surface area (Å²) in [5.74, 6) is 1.40. The van der Waals surface area contributed by atoms with Gasteiger partial charge in [-0.05, 0) is 24.7 Å². The van der Waals surface area contributed by atoms with E-state index in [1.54, 1.807) is 0 Å². The summed E-state index contributed by atoms with van der Waals surface area (Å²) in [6.07, 6.45) is 0. The van der Waals surface area contributed by atoms with E-state index in [0.717, 1.165) is 18.8 Å². The molecule has 1 aromatic carbocycles. The zero-order chi connectivity index (χ0) is 14.4. The van der Waals surface area contributed by atoms with Crippen LogP contribution < -0.4 is 10.1 Å². The third-order valence-electron chi connectivity index (χ3n) is 3.39. The van der Waals surface area contributed by atoms with E-state index in [4.69, 9.17) is 4.74 Å². The van der Waals surface area contributed by atoms with Crippen LogP contribution in [0.15, 0.2) is 24.3 Å². The Morgan fingerprint density at radius 3 is 2.75 bits per heavy atom. The quantitative estimate of drug-likeness (QED) is 0.829. The topological polar surface area (TPSA) is 58.6 Å². The smallest absolute Gasteiger partial charge is 0.152 e. The van der Waals surface area contributed by atoms with E-state index in [2.05, 4.69) is 16.3 Å². The van der Waals surface area contributed by atoms with Gasteiger partial charge in [-0.15, -0.1) is 0 Å². The standard InChI is InChI=1S/C14H22N2O3S/c1-15-12-13-3-2-4-14(11-13)19-8-5-16-6-9-20(17,18)10-7-16/h2-4,11,15H,5-10,12H2,1H3. The highest BCUT2D eigenvalue weighted by Crippen LogP contribution is 2.13. The van der Waals surface area contributed by atoms with Crippen LogP contribution in [0.25, 0.3) is 0 Å². The normalized spacial score (nSPS) is 18.9. The van der Waals surface area contributed by atoms with Crippen molar-refractivity contribution < 1.29 is 13.2 Å². The summed E-state index contributed by atoms with van der Waals surface area (Å²) in [6, 6.07) is 8.01. The van der Waals surface area contributed by atoms with Crippen molar-refractivity contribution in [3.8, 4) is 5.75 Å². The van der Waals surface area contributed by atoms with Crippen LogP contribution in [-0.4, -0.2) is 58.1 Å². The van der Waals surface area contributed by atoms with Crippen LogP contribution >= 0.6 is 0 Å². The van der Waals surface area contributed by atoms with Crippen molar-refractivity contribution in [3.63, 3.8) is 0 Å². The minimum Gasteiger partial charge on any atom is -0.492 e. The molecular formula is C14H22N2O3S. The van der Waals surface area contributed by atoms with Crippen molar-refractivity contribution >= 4 is 9.84 Å². The average molecular weight is 298 g/mol. The summed E-state index contributed by atoms with van der Waals surface area (Å²) in [5, 5.41) is 3.11. The Hall–Kier alpha value is -1.11. The van der Waals surface area contributed by atoms with Gasteiger partial charge in [0.25, 0.3) is 0 Å². The van der Waals surface area contributed by atoms with Gasteiger partial charge in [-0.25, -0.2) is 8.42 Å². The van der Waals surface area contributed by atoms with Crippen molar-refractivity contribution in [3.05, 3.63) is 29.8 Å². The van der Waals surface area contributed by atoms with E-state index in [9.17, 15) is 8.42 Å². The summed E-state index contributed by atoms with van der Waals surface area (Å²) in [5.41, 5.74) is 1.19. The Kier molecular flexibility index (Phi) is 5.39. The lowest BCUT2D eigenvalue weighted by atomic mass is 10.2. The van der Waals surface area contributed by atoms with Gasteiger partial charge in [-0.2, -0.15) is 0 Å². The van der Waals surface area contributed by atoms with Crippen molar-refractivity contribution in [2.75, 3.05) is 44.8 Å². The highest BCUT2D eigenvalue weighted by molar-refractivity contribution is 7.91. The van der Waals surface area contributed by atoms with E-state index in [1.165, 1.54) is 5.56 Å². The maximum absolute atomic E-state index is 11.3. The van der Waals surface area contributed by atoms with Crippen LogP contribution in [-0.2, 0) is 16.4 Å². The van der Waals surface area contributed by atoms with E-state index in [0.29, 0.717) is 19.7 Å². The van der Waals surface area contributed by atoms with E-state index >= 15 is 0 Å². The predicted molar refractivity (Wildman–Crippen MR) is 79.8 cm³/mol. The minimum atomic E-state index is -2.79. The molecule has 1 fully saturated rings. The molecule has 1 aromatic rings. The molecule has 0 aliphatic carbocycles. The fourth-order valence-corrected chi connectivity index (χ4v) is 3.49. The maximum atomic E-state index is 11.3. The highest BCUT2D eigenvalue weighted by Gasteiger charge is 2.20. The molecule has 20 heavy (non-hydrogen) atoms. The molecule has 112 valence electrons. The zero-order valence-electron chi connectivity index (χ0n) is 11.8. The Bertz CT molecular complexity index is 517. The number of hydrogen-bond donors (Lipinski definition) is 1. The Morgan fingerprint density at radius 2 is 2.05 bits per heavy atom. The van der Waals surface area contributed by atoms with Crippen molar-refractivity contribution in [1.29, 1.82) is 0 Å². The molecule has 6 heteroatoms. The van der Waals surface area contributed by atoms with Crippen molar-refractivity contribution in [2.45, 2.75) is 6.54 Å². The number of sulfone groups is 1. The molecular weight excluding hydrogens is 276 g/mol. The van der Waals surface area contributed by atoms with Gasteiger partial charge >= 0.3 is 0 Å². The first kappa shape index (κ1) is 15.3. The molecule has 0 bridgehead atoms. The predicted octanol–water partition coefficient (Wildman–Crippen LogP) is 0.515. The molecule has 0 radical (unpaired) electrons. The number of hydrogen-bond acceptors (Lipinski definition) is 5. The highest BCUT2D eigenvalue weighted by atomic mass is 32.2. The van der Waals surface area contributed by atoms with Crippen LogP contribution in [0.5, 0.6) is 5.75 Å². The third kappa shape index (κ3) is 4.77. The number of nitrogens with one attached hydrogen (secondary N) is 1. The molecule has 1 aliphatic rings. The molecule has 1 heterocycles. The Labute approximate surface area is 120 Å². The fraction of sp³-hybridized carbons (Fsp3) is 0.571. The van der Waals surface area contributed by atoms with Gasteiger partial charge in [0.2, 0.25) is 0 Å². The summed E-state index contributed by atoms with van der Waals surface area (Å²) in [7, 11) is -0.880. The maximum Gasteiger partial charge on any atom is 0.152 e. The molecule has 1 saturated heterocycles. The van der Waals surface area contributed by atoms with E-state index in [-0.39, 0.29) is 11.5 Å². The number of nitrogens with zero attached hydrogens (tertiary/aromatic N) is 1. The lowest BCUT2D eigenvalue weighted by Gasteiger charge is -2.26. The molecule has 1 aliphatic heterocycles. The molecule has 0 unspecified atom stereocenters. The first-order valence-electron chi connectivity index (χ1n) is 6.88. The molecule has 0 amide bonds. The molecule has 5 nitrogen and oxygen atoms in total. The average Bonchev–Trinajstić information content (AvgIpc) is 2.42. The van der Waals surface area contributed by atoms with E-state index in [1.807, 2.05) is 25.2 Å². The van der Waals surface area contributed by atoms with Gasteiger partial charge in [0.15, 0.2) is 9.84 Å². The van der Waals surface area contributed by atoms with Crippen molar-refractivity contribution in [1.82, 2.24) is 10.2 Å². The van der Waals surface area contributed by atoms with Crippen LogP contribution in [0, 0.1) is 0 Å². The van der Waals surface area contributed by atoms with Gasteiger partial charge in [-0.1, -0.05) is 12.1 Å². The largest absolute Gasteiger partial charge is 0.492 e. The summed E-state index contributed by atoms with van der Waals surface area (Å²) >= 11 is 0. The molecule has 0 atom stereocenters. The van der Waals surface area contributed by atoms with Crippen LogP contribution in [0.2, 0.25) is 0 Å². The first-order chi connectivity index (χ1) is 9.59. The first-order valence-corrected chi connectivity index (χ1v) is 8.70. The molecule has 0 aromatic heterocycles. The Balaban J connectivity index is 1.74. The lowest BCUT2D eigenvalue weighted by molar-refractivity contribution is 0.219. The second-order valence-corrected chi connectivity index (χ2v) is 7.32. The van der Waals surface area contributed by atoms with Crippen LogP contribution in [0.4, 0.5) is 0 Å². The van der Waals surface area contributed by atoms with E-state index < -0.39 is 9.84 Å². The van der Waals surface area contributed by atoms with Crippen LogP contribution in [0.3, 0.4) is 0 Å². The summed E-state index contributed by atoms with van der Waals surface area (Å²) < 4.78 is 28.4. The minimum absolute atomic E-state index is 0.269. The third-order valence-corrected chi connectivity index (χ3v) is 5.00. The fourth-order valence-electron chi connectivity index (χ4n) is 2.22. The zero-order valence-corrected chi connectivity index (χ0v) is 12.7. The molecule has 0 saturated carbocycles. The number of benzene rings is 1. The summed E-state index contributed by atoms with van der Waals surface area (Å²) in [4.78, 5) is 2.14. The second kappa shape index (κ2) is 7.06. The Morgan fingerprint density at radius 1 is 1.30 bits per heavy atom. The molecule has 0 spiro atoms. The van der Waals surface area contributed by atoms with Gasteiger partial charge < -0.3 is 10.1 Å². The SMILES string of the molecule is CNCc1cccc(OCCN2CCS(=O)(=O)CC2)c1. The van der Waals surface area contributed by atoms with Crippen LogP contribution in [0.1, 0.15) is 5.56 Å². The van der Waals surface area contributed by atoms with Crippen molar-refractivity contribution in [2.24, 2.45) is 0 Å². The van der Waals surface area contributed by atoms with Gasteiger partial charge in [-0.3, -0.25) is 4.90 Å². The lowest BCUT2D eigenvalue weighted by Crippen LogP contribution is -2.42.